The molecule has 0 bridgehead atoms. The van der Waals surface area contributed by atoms with Gasteiger partial charge in [-0.2, -0.15) is 0 Å². The van der Waals surface area contributed by atoms with E-state index in [2.05, 4.69) is 10.9 Å². The van der Waals surface area contributed by atoms with E-state index in [-0.39, 0.29) is 0 Å². The zero-order chi connectivity index (χ0) is 8.85. The third kappa shape index (κ3) is 6.45. The maximum atomic E-state index is 3.28. The van der Waals surface area contributed by atoms with Crippen LogP contribution in [-0.4, -0.2) is 54.6 Å². The average molecular weight is 176 g/mol. The van der Waals surface area contributed by atoms with E-state index < -0.39 is 0 Å². The molecule has 4 nitrogen and oxygen atoms in total. The summed E-state index contributed by atoms with van der Waals surface area (Å²) in [5.41, 5.74) is 6.55. The van der Waals surface area contributed by atoms with Gasteiger partial charge < -0.3 is 0 Å². The van der Waals surface area contributed by atoms with Gasteiger partial charge in [-0.3, -0.25) is 0 Å². The summed E-state index contributed by atoms with van der Waals surface area (Å²) < 4.78 is 0. The SMILES string of the molecule is CN(C)NC(C[SiH3])NN(C)C. The van der Waals surface area contributed by atoms with E-state index in [1.807, 2.05) is 38.2 Å². The van der Waals surface area contributed by atoms with Crippen LogP contribution in [-0.2, 0) is 0 Å². The van der Waals surface area contributed by atoms with Crippen LogP contribution in [0.4, 0.5) is 0 Å². The van der Waals surface area contributed by atoms with Crippen LogP contribution in [0.25, 0.3) is 0 Å². The van der Waals surface area contributed by atoms with Gasteiger partial charge in [0.25, 0.3) is 0 Å². The van der Waals surface area contributed by atoms with Crippen LogP contribution in [0.2, 0.25) is 6.04 Å². The Bertz CT molecular complexity index is 86.6. The number of hydrazine groups is 2. The fourth-order valence-electron chi connectivity index (χ4n) is 0.835. The van der Waals surface area contributed by atoms with Crippen LogP contribution in [0.5, 0.6) is 0 Å². The minimum absolute atomic E-state index is 0.381. The first kappa shape index (κ1) is 11.1. The van der Waals surface area contributed by atoms with E-state index in [9.17, 15) is 0 Å². The molecule has 0 fully saturated rings. The second kappa shape index (κ2) is 5.67. The molecule has 0 rings (SSSR count). The lowest BCUT2D eigenvalue weighted by atomic mass is 10.6. The zero-order valence-electron chi connectivity index (χ0n) is 8.18. The molecule has 2 N–H and O–H groups in total. The van der Waals surface area contributed by atoms with Gasteiger partial charge in [0.05, 0.1) is 6.17 Å². The highest BCUT2D eigenvalue weighted by Crippen LogP contribution is 1.84. The van der Waals surface area contributed by atoms with Gasteiger partial charge in [-0.1, -0.05) is 0 Å². The van der Waals surface area contributed by atoms with Gasteiger partial charge >= 0.3 is 0 Å². The maximum Gasteiger partial charge on any atom is 0.0804 e. The van der Waals surface area contributed by atoms with E-state index >= 15 is 0 Å². The smallest absolute Gasteiger partial charge is 0.0804 e. The van der Waals surface area contributed by atoms with Gasteiger partial charge in [-0.25, -0.2) is 20.9 Å². The van der Waals surface area contributed by atoms with Crippen molar-refractivity contribution in [2.75, 3.05) is 28.2 Å². The summed E-state index contributed by atoms with van der Waals surface area (Å²) in [4.78, 5) is 0. The molecule has 11 heavy (non-hydrogen) atoms. The topological polar surface area (TPSA) is 30.5 Å². The second-order valence-electron chi connectivity index (χ2n) is 3.01. The molecular weight excluding hydrogens is 156 g/mol. The normalized spacial score (nSPS) is 12.3. The predicted octanol–water partition coefficient (Wildman–Crippen LogP) is -1.77. The Morgan fingerprint density at radius 1 is 1.09 bits per heavy atom. The number of nitrogens with one attached hydrogen (secondary N) is 2. The molecule has 0 saturated heterocycles. The summed E-state index contributed by atoms with van der Waals surface area (Å²) in [6, 6.07) is 1.19. The van der Waals surface area contributed by atoms with Crippen molar-refractivity contribution in [1.82, 2.24) is 20.9 Å². The first-order valence-corrected chi connectivity index (χ1v) is 5.34. The Morgan fingerprint density at radius 3 is 1.64 bits per heavy atom. The quantitative estimate of drug-likeness (QED) is 0.295. The van der Waals surface area contributed by atoms with Gasteiger partial charge in [0.1, 0.15) is 0 Å². The molecule has 5 heteroatoms. The monoisotopic (exact) mass is 176 g/mol. The molecule has 0 heterocycles. The second-order valence-corrected chi connectivity index (χ2v) is 3.82. The highest BCUT2D eigenvalue weighted by molar-refractivity contribution is 6.08. The molecule has 0 unspecified atom stereocenters. The van der Waals surface area contributed by atoms with Crippen LogP contribution in [0.3, 0.4) is 0 Å². The molecule has 0 aromatic heterocycles. The lowest BCUT2D eigenvalue weighted by molar-refractivity contribution is 0.154. The number of hydrogen-bond acceptors (Lipinski definition) is 4. The lowest BCUT2D eigenvalue weighted by Crippen LogP contribution is -2.52. The van der Waals surface area contributed by atoms with Crippen molar-refractivity contribution in [3.63, 3.8) is 0 Å². The summed E-state index contributed by atoms with van der Waals surface area (Å²) in [6.45, 7) is 0. The van der Waals surface area contributed by atoms with E-state index in [0.717, 1.165) is 0 Å². The molecule has 0 aliphatic carbocycles. The summed E-state index contributed by atoms with van der Waals surface area (Å²) in [7, 11) is 9.21. The van der Waals surface area contributed by atoms with Crippen LogP contribution in [0.15, 0.2) is 0 Å². The van der Waals surface area contributed by atoms with Crippen molar-refractivity contribution in [1.29, 1.82) is 0 Å². The summed E-state index contributed by atoms with van der Waals surface area (Å²) in [5.74, 6) is 0. The van der Waals surface area contributed by atoms with Crippen LogP contribution in [0.1, 0.15) is 0 Å². The lowest BCUT2D eigenvalue weighted by Gasteiger charge is -2.26. The van der Waals surface area contributed by atoms with Crippen molar-refractivity contribution in [2.45, 2.75) is 12.2 Å². The first-order chi connectivity index (χ1) is 5.06. The van der Waals surface area contributed by atoms with Gasteiger partial charge in [-0.05, 0) is 6.04 Å². The Balaban J connectivity index is 3.58. The van der Waals surface area contributed by atoms with Crippen LogP contribution >= 0.6 is 0 Å². The molecule has 0 radical (unpaired) electrons. The molecule has 0 aliphatic heterocycles. The Morgan fingerprint density at radius 2 is 1.45 bits per heavy atom. The molecule has 0 aliphatic rings. The zero-order valence-corrected chi connectivity index (χ0v) is 10.2. The van der Waals surface area contributed by atoms with Crippen molar-refractivity contribution in [3.05, 3.63) is 0 Å². The van der Waals surface area contributed by atoms with Crippen molar-refractivity contribution >= 4 is 10.2 Å². The van der Waals surface area contributed by atoms with E-state index in [4.69, 9.17) is 0 Å². The molecule has 0 amide bonds. The van der Waals surface area contributed by atoms with Gasteiger partial charge in [0.2, 0.25) is 0 Å². The van der Waals surface area contributed by atoms with Gasteiger partial charge in [-0.15, -0.1) is 0 Å². The summed E-state index contributed by atoms with van der Waals surface area (Å²) in [6.07, 6.45) is 0.381. The highest BCUT2D eigenvalue weighted by Gasteiger charge is 2.04. The third-order valence-electron chi connectivity index (χ3n) is 1.24. The minimum atomic E-state index is 0.381. The number of rotatable bonds is 5. The fourth-order valence-corrected chi connectivity index (χ4v) is 1.20. The predicted molar refractivity (Wildman–Crippen MR) is 52.2 cm³/mol. The summed E-state index contributed by atoms with van der Waals surface area (Å²) >= 11 is 0. The Hall–Kier alpha value is 0.0569. The van der Waals surface area contributed by atoms with Crippen LogP contribution in [0, 0.1) is 0 Å². The van der Waals surface area contributed by atoms with E-state index in [0.29, 0.717) is 6.17 Å². The molecule has 0 atom stereocenters. The molecule has 0 aromatic rings. The highest BCUT2D eigenvalue weighted by atomic mass is 28.1. The molecular formula is C6H20N4Si. The Kier molecular flexibility index (Phi) is 5.70. The van der Waals surface area contributed by atoms with Crippen molar-refractivity contribution < 1.29 is 0 Å². The molecule has 0 aromatic carbocycles. The molecule has 0 saturated carbocycles. The largest absolute Gasteiger partial charge is 0.249 e. The van der Waals surface area contributed by atoms with Gasteiger partial charge in [0.15, 0.2) is 0 Å². The maximum absolute atomic E-state index is 3.28. The first-order valence-electron chi connectivity index (χ1n) is 3.93. The minimum Gasteiger partial charge on any atom is -0.249 e. The van der Waals surface area contributed by atoms with E-state index in [1.54, 1.807) is 0 Å². The van der Waals surface area contributed by atoms with Crippen molar-refractivity contribution in [3.8, 4) is 0 Å². The van der Waals surface area contributed by atoms with E-state index in [1.165, 1.54) is 16.3 Å². The van der Waals surface area contributed by atoms with Gasteiger partial charge in [0, 0.05) is 38.4 Å². The third-order valence-corrected chi connectivity index (χ3v) is 2.05. The number of nitrogens with zero attached hydrogens (tertiary/aromatic N) is 2. The van der Waals surface area contributed by atoms with Crippen molar-refractivity contribution in [2.24, 2.45) is 0 Å². The molecule has 68 valence electrons. The summed E-state index contributed by atoms with van der Waals surface area (Å²) in [5, 5.41) is 3.94. The number of hydrogen-bond donors (Lipinski definition) is 2. The fraction of sp³-hybridized carbons (Fsp3) is 1.00. The standard InChI is InChI=1S/C6H20N4Si/c1-9(2)7-6(5-11)8-10(3)4/h6-8H,5H2,1-4,11H3. The van der Waals surface area contributed by atoms with Crippen LogP contribution < -0.4 is 10.9 Å². The Labute approximate surface area is 72.3 Å². The molecule has 0 spiro atoms. The average Bonchev–Trinajstić information content (AvgIpc) is 1.84.